The van der Waals surface area contributed by atoms with Crippen molar-refractivity contribution in [3.63, 3.8) is 0 Å². The highest BCUT2D eigenvalue weighted by molar-refractivity contribution is 8.01. The lowest BCUT2D eigenvalue weighted by Crippen LogP contribution is -2.34. The minimum absolute atomic E-state index is 0.0185. The molecular formula is C21H25N3O4S. The lowest BCUT2D eigenvalue weighted by molar-refractivity contribution is -0.130. The predicted octanol–water partition coefficient (Wildman–Crippen LogP) is 2.77. The first-order valence-corrected chi connectivity index (χ1v) is 10.3. The summed E-state index contributed by atoms with van der Waals surface area (Å²) in [4.78, 5) is 30.8. The monoisotopic (exact) mass is 415 g/mol. The molecule has 1 N–H and O–H groups in total. The molecule has 8 heteroatoms. The molecule has 2 amide bonds. The Hall–Kier alpha value is -2.74. The zero-order chi connectivity index (χ0) is 20.8. The number of aromatic nitrogens is 1. The average Bonchev–Trinajstić information content (AvgIpc) is 3.04. The van der Waals surface area contributed by atoms with Gasteiger partial charge in [0.1, 0.15) is 16.9 Å². The molecule has 1 saturated heterocycles. The Balaban J connectivity index is 1.68. The first-order valence-electron chi connectivity index (χ1n) is 9.37. The maximum atomic E-state index is 12.7. The summed E-state index contributed by atoms with van der Waals surface area (Å²) in [7, 11) is 3.21. The van der Waals surface area contributed by atoms with Crippen molar-refractivity contribution in [1.82, 2.24) is 15.2 Å². The number of pyridine rings is 1. The van der Waals surface area contributed by atoms with Crippen molar-refractivity contribution >= 4 is 23.6 Å². The van der Waals surface area contributed by atoms with Gasteiger partial charge in [-0.25, -0.2) is 0 Å². The average molecular weight is 416 g/mol. The fourth-order valence-electron chi connectivity index (χ4n) is 3.19. The number of nitrogens with zero attached hydrogens (tertiary/aromatic N) is 2. The van der Waals surface area contributed by atoms with E-state index >= 15 is 0 Å². The Bertz CT molecular complexity index is 862. The van der Waals surface area contributed by atoms with E-state index in [9.17, 15) is 9.59 Å². The molecule has 1 aromatic carbocycles. The van der Waals surface area contributed by atoms with Gasteiger partial charge in [-0.2, -0.15) is 0 Å². The van der Waals surface area contributed by atoms with Crippen LogP contribution in [-0.4, -0.2) is 47.7 Å². The molecule has 3 rings (SSSR count). The van der Waals surface area contributed by atoms with Gasteiger partial charge in [-0.1, -0.05) is 6.07 Å². The highest BCUT2D eigenvalue weighted by Gasteiger charge is 2.39. The van der Waals surface area contributed by atoms with Crippen LogP contribution in [0.3, 0.4) is 0 Å². The predicted molar refractivity (Wildman–Crippen MR) is 112 cm³/mol. The molecule has 0 radical (unpaired) electrons. The van der Waals surface area contributed by atoms with Crippen molar-refractivity contribution in [1.29, 1.82) is 0 Å². The molecular weight excluding hydrogens is 390 g/mol. The van der Waals surface area contributed by atoms with Crippen molar-refractivity contribution in [3.8, 4) is 11.5 Å². The summed E-state index contributed by atoms with van der Waals surface area (Å²) in [6, 6.07) is 9.28. The van der Waals surface area contributed by atoms with Crippen LogP contribution in [0.5, 0.6) is 11.5 Å². The lowest BCUT2D eigenvalue weighted by Gasteiger charge is -2.25. The molecule has 0 aliphatic carbocycles. The van der Waals surface area contributed by atoms with Crippen LogP contribution in [0.25, 0.3) is 0 Å². The van der Waals surface area contributed by atoms with Crippen molar-refractivity contribution in [2.75, 3.05) is 20.8 Å². The van der Waals surface area contributed by atoms with Crippen molar-refractivity contribution < 1.29 is 19.1 Å². The number of nitrogens with one attached hydrogen (secondary N) is 1. The molecule has 0 spiro atoms. The Morgan fingerprint density at radius 1 is 1.28 bits per heavy atom. The van der Waals surface area contributed by atoms with E-state index in [-0.39, 0.29) is 28.9 Å². The third-order valence-corrected chi connectivity index (χ3v) is 6.12. The number of rotatable bonds is 8. The van der Waals surface area contributed by atoms with Crippen molar-refractivity contribution in [2.24, 2.45) is 0 Å². The van der Waals surface area contributed by atoms with Crippen LogP contribution in [0.2, 0.25) is 0 Å². The van der Waals surface area contributed by atoms with Crippen LogP contribution < -0.4 is 14.8 Å². The van der Waals surface area contributed by atoms with Crippen LogP contribution in [0.15, 0.2) is 42.7 Å². The first kappa shape index (κ1) is 21.0. The van der Waals surface area contributed by atoms with Crippen LogP contribution in [0.1, 0.15) is 29.8 Å². The topological polar surface area (TPSA) is 80.8 Å². The quantitative estimate of drug-likeness (QED) is 0.714. The highest BCUT2D eigenvalue weighted by Crippen LogP contribution is 2.46. The van der Waals surface area contributed by atoms with Gasteiger partial charge in [0, 0.05) is 37.5 Å². The fraction of sp³-hybridized carbons (Fsp3) is 0.381. The third-order valence-electron chi connectivity index (χ3n) is 4.74. The molecule has 0 bridgehead atoms. The Morgan fingerprint density at radius 2 is 2.10 bits per heavy atom. The number of ether oxygens (including phenoxy) is 2. The zero-order valence-corrected chi connectivity index (χ0v) is 17.6. The van der Waals surface area contributed by atoms with Gasteiger partial charge in [0.05, 0.1) is 19.5 Å². The second kappa shape index (κ2) is 9.65. The van der Waals surface area contributed by atoms with E-state index in [1.54, 1.807) is 43.3 Å². The van der Waals surface area contributed by atoms with E-state index < -0.39 is 0 Å². The Morgan fingerprint density at radius 3 is 2.79 bits per heavy atom. The number of benzene rings is 1. The maximum absolute atomic E-state index is 12.7. The number of methoxy groups -OCH3 is 2. The van der Waals surface area contributed by atoms with E-state index in [1.807, 2.05) is 37.3 Å². The Labute approximate surface area is 174 Å². The number of carbonyl (C=O) groups is 2. The largest absolute Gasteiger partial charge is 0.497 e. The molecule has 2 aromatic rings. The molecule has 2 heterocycles. The molecule has 1 fully saturated rings. The molecule has 2 unspecified atom stereocenters. The van der Waals surface area contributed by atoms with Gasteiger partial charge in [0.25, 0.3) is 0 Å². The zero-order valence-electron chi connectivity index (χ0n) is 16.8. The van der Waals surface area contributed by atoms with Gasteiger partial charge < -0.3 is 19.7 Å². The SMILES string of the molecule is COc1ccc(OC)c(C2SC(C)C(=O)N2CCC(=O)NCc2cccnc2)c1. The molecule has 7 nitrogen and oxygen atoms in total. The molecule has 2 atom stereocenters. The van der Waals surface area contributed by atoms with E-state index in [2.05, 4.69) is 10.3 Å². The third kappa shape index (κ3) is 5.00. The van der Waals surface area contributed by atoms with E-state index in [4.69, 9.17) is 9.47 Å². The minimum atomic E-state index is -0.228. The smallest absolute Gasteiger partial charge is 0.236 e. The molecule has 1 aliphatic heterocycles. The Kier molecular flexibility index (Phi) is 6.98. The number of amides is 2. The van der Waals surface area contributed by atoms with Crippen molar-refractivity contribution in [2.45, 2.75) is 30.5 Å². The van der Waals surface area contributed by atoms with Crippen LogP contribution in [0, 0.1) is 0 Å². The fourth-order valence-corrected chi connectivity index (χ4v) is 4.51. The second-order valence-corrected chi connectivity index (χ2v) is 8.08. The number of hydrogen-bond acceptors (Lipinski definition) is 6. The summed E-state index contributed by atoms with van der Waals surface area (Å²) in [5.41, 5.74) is 1.80. The summed E-state index contributed by atoms with van der Waals surface area (Å²) in [6.07, 6.45) is 3.63. The number of carbonyl (C=O) groups excluding carboxylic acids is 2. The normalized spacial score (nSPS) is 18.6. The van der Waals surface area contributed by atoms with Crippen LogP contribution in [0.4, 0.5) is 0 Å². The molecule has 1 aromatic heterocycles. The summed E-state index contributed by atoms with van der Waals surface area (Å²) in [5, 5.41) is 2.46. The van der Waals surface area contributed by atoms with Gasteiger partial charge in [0.15, 0.2) is 0 Å². The van der Waals surface area contributed by atoms with Gasteiger partial charge in [-0.05, 0) is 36.8 Å². The summed E-state index contributed by atoms with van der Waals surface area (Å²) in [5.74, 6) is 1.30. The first-order chi connectivity index (χ1) is 14.0. The summed E-state index contributed by atoms with van der Waals surface area (Å²) < 4.78 is 10.8. The maximum Gasteiger partial charge on any atom is 0.236 e. The standard InChI is InChI=1S/C21H25N3O4S/c1-14-20(26)24(10-8-19(25)23-13-15-5-4-9-22-12-15)21(29-14)17-11-16(27-2)6-7-18(17)28-3/h4-7,9,11-12,14,21H,8,10,13H2,1-3H3,(H,23,25). The molecule has 0 saturated carbocycles. The van der Waals surface area contributed by atoms with Gasteiger partial charge in [-0.15, -0.1) is 11.8 Å². The van der Waals surface area contributed by atoms with Crippen LogP contribution in [-0.2, 0) is 16.1 Å². The highest BCUT2D eigenvalue weighted by atomic mass is 32.2. The van der Waals surface area contributed by atoms with Gasteiger partial charge in [-0.3, -0.25) is 14.6 Å². The number of hydrogen-bond donors (Lipinski definition) is 1. The minimum Gasteiger partial charge on any atom is -0.497 e. The molecule has 29 heavy (non-hydrogen) atoms. The van der Waals surface area contributed by atoms with Crippen LogP contribution >= 0.6 is 11.8 Å². The number of thioether (sulfide) groups is 1. The second-order valence-electron chi connectivity index (χ2n) is 6.66. The van der Waals surface area contributed by atoms with Gasteiger partial charge >= 0.3 is 0 Å². The van der Waals surface area contributed by atoms with Crippen molar-refractivity contribution in [3.05, 3.63) is 53.9 Å². The summed E-state index contributed by atoms with van der Waals surface area (Å²) >= 11 is 1.55. The van der Waals surface area contributed by atoms with E-state index in [0.717, 1.165) is 11.1 Å². The van der Waals surface area contributed by atoms with E-state index in [0.29, 0.717) is 24.6 Å². The lowest BCUT2D eigenvalue weighted by atomic mass is 10.1. The molecule has 1 aliphatic rings. The van der Waals surface area contributed by atoms with E-state index in [1.165, 1.54) is 0 Å². The summed E-state index contributed by atoms with van der Waals surface area (Å²) in [6.45, 7) is 2.63. The molecule has 154 valence electrons. The van der Waals surface area contributed by atoms with Gasteiger partial charge in [0.2, 0.25) is 11.8 Å².